The van der Waals surface area contributed by atoms with Gasteiger partial charge in [-0.3, -0.25) is 14.5 Å². The fourth-order valence-corrected chi connectivity index (χ4v) is 4.21. The summed E-state index contributed by atoms with van der Waals surface area (Å²) in [7, 11) is 0. The molecule has 0 fully saturated rings. The fraction of sp³-hybridized carbons (Fsp3) is 0.222. The quantitative estimate of drug-likeness (QED) is 0.374. The highest BCUT2D eigenvalue weighted by Gasteiger charge is 2.44. The average molecular weight is 440 g/mol. The minimum atomic E-state index is -0.646. The molecule has 1 atom stereocenters. The lowest BCUT2D eigenvalue weighted by atomic mass is 9.98. The fourth-order valence-electron chi connectivity index (χ4n) is 4.21. The lowest BCUT2D eigenvalue weighted by Gasteiger charge is -2.24. The number of anilines is 1. The molecule has 6 nitrogen and oxygen atoms in total. The summed E-state index contributed by atoms with van der Waals surface area (Å²) in [5.41, 5.74) is 2.09. The first kappa shape index (κ1) is 20.9. The standard InChI is InChI=1S/C27H24N2O4/c1-3-4-16-32-19-14-12-18(13-15-19)24-23-25(30)20-9-5-6-10-21(20)33-26(23)27(31)29(24)22-11-7-8-17(2)28-22/h5-15,24H,3-4,16H2,1-2H3. The maximum atomic E-state index is 13.6. The number of pyridine rings is 1. The molecule has 2 aromatic heterocycles. The molecule has 0 saturated carbocycles. The van der Waals surface area contributed by atoms with Crippen molar-refractivity contribution >= 4 is 22.7 Å². The third-order valence-corrected chi connectivity index (χ3v) is 5.86. The van der Waals surface area contributed by atoms with Crippen molar-refractivity contribution in [3.63, 3.8) is 0 Å². The number of hydrogen-bond donors (Lipinski definition) is 0. The second kappa shape index (κ2) is 8.54. The molecule has 0 N–H and O–H groups in total. The van der Waals surface area contributed by atoms with E-state index in [2.05, 4.69) is 11.9 Å². The molecule has 4 aromatic rings. The molecule has 166 valence electrons. The Balaban J connectivity index is 1.67. The van der Waals surface area contributed by atoms with E-state index in [4.69, 9.17) is 9.15 Å². The number of para-hydroxylation sites is 1. The molecular formula is C27H24N2O4. The Morgan fingerprint density at radius 2 is 1.79 bits per heavy atom. The predicted molar refractivity (Wildman–Crippen MR) is 127 cm³/mol. The van der Waals surface area contributed by atoms with E-state index in [-0.39, 0.29) is 17.1 Å². The Kier molecular flexibility index (Phi) is 5.42. The lowest BCUT2D eigenvalue weighted by Crippen LogP contribution is -2.30. The van der Waals surface area contributed by atoms with Crippen molar-refractivity contribution in [1.82, 2.24) is 4.98 Å². The van der Waals surface area contributed by atoms with Gasteiger partial charge in [0, 0.05) is 5.69 Å². The van der Waals surface area contributed by atoms with Crippen molar-refractivity contribution < 1.29 is 13.9 Å². The van der Waals surface area contributed by atoms with Gasteiger partial charge in [-0.15, -0.1) is 0 Å². The number of hydrogen-bond acceptors (Lipinski definition) is 5. The molecule has 1 aliphatic rings. The molecule has 0 bridgehead atoms. The van der Waals surface area contributed by atoms with Crippen LogP contribution in [0.25, 0.3) is 11.0 Å². The van der Waals surface area contributed by atoms with E-state index in [1.54, 1.807) is 35.2 Å². The summed E-state index contributed by atoms with van der Waals surface area (Å²) in [6.45, 7) is 4.63. The number of unbranched alkanes of at least 4 members (excludes halogenated alkanes) is 1. The molecule has 33 heavy (non-hydrogen) atoms. The van der Waals surface area contributed by atoms with Gasteiger partial charge in [-0.2, -0.15) is 0 Å². The number of nitrogens with zero attached hydrogens (tertiary/aromatic N) is 2. The van der Waals surface area contributed by atoms with Gasteiger partial charge in [0.05, 0.1) is 23.6 Å². The van der Waals surface area contributed by atoms with Crippen LogP contribution in [0.3, 0.4) is 0 Å². The summed E-state index contributed by atoms with van der Waals surface area (Å²) >= 11 is 0. The van der Waals surface area contributed by atoms with Crippen LogP contribution in [0.5, 0.6) is 5.75 Å². The topological polar surface area (TPSA) is 72.6 Å². The van der Waals surface area contributed by atoms with Crippen molar-refractivity contribution in [2.45, 2.75) is 32.7 Å². The summed E-state index contributed by atoms with van der Waals surface area (Å²) in [6.07, 6.45) is 2.04. The Morgan fingerprint density at radius 3 is 2.55 bits per heavy atom. The van der Waals surface area contributed by atoms with Gasteiger partial charge in [-0.25, -0.2) is 4.98 Å². The number of aryl methyl sites for hydroxylation is 1. The van der Waals surface area contributed by atoms with Gasteiger partial charge >= 0.3 is 0 Å². The minimum absolute atomic E-state index is 0.0651. The number of carbonyl (C=O) groups excluding carboxylic acids is 1. The highest BCUT2D eigenvalue weighted by molar-refractivity contribution is 6.10. The summed E-state index contributed by atoms with van der Waals surface area (Å²) in [5.74, 6) is 0.917. The van der Waals surface area contributed by atoms with Crippen molar-refractivity contribution in [3.8, 4) is 5.75 Å². The van der Waals surface area contributed by atoms with Crippen molar-refractivity contribution in [2.24, 2.45) is 0 Å². The van der Waals surface area contributed by atoms with Crippen LogP contribution in [0, 0.1) is 6.92 Å². The van der Waals surface area contributed by atoms with Gasteiger partial charge in [0.25, 0.3) is 5.91 Å². The Labute approximate surface area is 191 Å². The second-order valence-electron chi connectivity index (χ2n) is 8.16. The largest absolute Gasteiger partial charge is 0.494 e. The van der Waals surface area contributed by atoms with E-state index in [1.165, 1.54) is 0 Å². The summed E-state index contributed by atoms with van der Waals surface area (Å²) in [6, 6.07) is 19.4. The van der Waals surface area contributed by atoms with Crippen LogP contribution in [0.1, 0.15) is 53.2 Å². The molecule has 2 aromatic carbocycles. The number of carbonyl (C=O) groups is 1. The number of benzene rings is 2. The molecule has 1 unspecified atom stereocenters. The number of amides is 1. The van der Waals surface area contributed by atoms with Gasteiger partial charge in [-0.05, 0) is 55.3 Å². The number of ether oxygens (including phenoxy) is 1. The third kappa shape index (κ3) is 3.67. The SMILES string of the molecule is CCCCOc1ccc(C2c3c(oc4ccccc4c3=O)C(=O)N2c2cccc(C)n2)cc1. The van der Waals surface area contributed by atoms with Crippen LogP contribution < -0.4 is 15.1 Å². The van der Waals surface area contributed by atoms with Gasteiger partial charge < -0.3 is 9.15 Å². The molecule has 0 aliphatic carbocycles. The second-order valence-corrected chi connectivity index (χ2v) is 8.16. The minimum Gasteiger partial charge on any atom is -0.494 e. The zero-order chi connectivity index (χ0) is 22.9. The molecular weight excluding hydrogens is 416 g/mol. The molecule has 0 radical (unpaired) electrons. The van der Waals surface area contributed by atoms with Gasteiger partial charge in [-0.1, -0.05) is 43.7 Å². The normalized spacial score (nSPS) is 15.2. The molecule has 6 heteroatoms. The van der Waals surface area contributed by atoms with Crippen LogP contribution in [0.2, 0.25) is 0 Å². The van der Waals surface area contributed by atoms with E-state index in [9.17, 15) is 9.59 Å². The highest BCUT2D eigenvalue weighted by Crippen LogP contribution is 2.40. The Hall–Kier alpha value is -3.93. The maximum Gasteiger partial charge on any atom is 0.296 e. The first-order valence-corrected chi connectivity index (χ1v) is 11.1. The number of fused-ring (bicyclic) bond motifs is 2. The Morgan fingerprint density at radius 1 is 1.00 bits per heavy atom. The predicted octanol–water partition coefficient (Wildman–Crippen LogP) is 5.43. The lowest BCUT2D eigenvalue weighted by molar-refractivity contribution is 0.0970. The molecule has 1 amide bonds. The number of aromatic nitrogens is 1. The van der Waals surface area contributed by atoms with Crippen LogP contribution >= 0.6 is 0 Å². The van der Waals surface area contributed by atoms with Crippen LogP contribution in [-0.4, -0.2) is 17.5 Å². The van der Waals surface area contributed by atoms with Crippen LogP contribution in [-0.2, 0) is 0 Å². The summed E-state index contributed by atoms with van der Waals surface area (Å²) in [5, 5.41) is 0.452. The first-order chi connectivity index (χ1) is 16.1. The zero-order valence-corrected chi connectivity index (χ0v) is 18.6. The molecule has 5 rings (SSSR count). The van der Waals surface area contributed by atoms with Crippen molar-refractivity contribution in [2.75, 3.05) is 11.5 Å². The maximum absolute atomic E-state index is 13.6. The molecule has 3 heterocycles. The average Bonchev–Trinajstić information content (AvgIpc) is 3.12. The van der Waals surface area contributed by atoms with E-state index >= 15 is 0 Å². The first-order valence-electron chi connectivity index (χ1n) is 11.1. The smallest absolute Gasteiger partial charge is 0.296 e. The number of rotatable bonds is 6. The van der Waals surface area contributed by atoms with E-state index < -0.39 is 6.04 Å². The third-order valence-electron chi connectivity index (χ3n) is 5.86. The van der Waals surface area contributed by atoms with E-state index in [0.29, 0.717) is 29.0 Å². The van der Waals surface area contributed by atoms with Crippen molar-refractivity contribution in [3.05, 3.63) is 99.5 Å². The van der Waals surface area contributed by atoms with E-state index in [0.717, 1.165) is 29.8 Å². The summed E-state index contributed by atoms with van der Waals surface area (Å²) in [4.78, 5) is 33.2. The van der Waals surface area contributed by atoms with E-state index in [1.807, 2.05) is 43.3 Å². The van der Waals surface area contributed by atoms with Gasteiger partial charge in [0.1, 0.15) is 17.2 Å². The monoisotopic (exact) mass is 440 g/mol. The van der Waals surface area contributed by atoms with Gasteiger partial charge in [0.2, 0.25) is 5.76 Å². The van der Waals surface area contributed by atoms with Crippen LogP contribution in [0.15, 0.2) is 75.9 Å². The van der Waals surface area contributed by atoms with Crippen molar-refractivity contribution in [1.29, 1.82) is 0 Å². The molecule has 1 aliphatic heterocycles. The highest BCUT2D eigenvalue weighted by atomic mass is 16.5. The molecule has 0 saturated heterocycles. The van der Waals surface area contributed by atoms with Crippen LogP contribution in [0.4, 0.5) is 5.82 Å². The zero-order valence-electron chi connectivity index (χ0n) is 18.6. The Bertz CT molecular complexity index is 1390. The summed E-state index contributed by atoms with van der Waals surface area (Å²) < 4.78 is 11.8. The molecule has 0 spiro atoms. The van der Waals surface area contributed by atoms with Gasteiger partial charge in [0.15, 0.2) is 5.43 Å².